The minimum atomic E-state index is 0.165. The zero-order valence-corrected chi connectivity index (χ0v) is 5.69. The third kappa shape index (κ3) is 1.99. The maximum Gasteiger partial charge on any atom is 0.108 e. The normalized spacial score (nSPS) is 9.44. The second-order valence-electron chi connectivity index (χ2n) is 1.52. The number of anilines is 1. The van der Waals surface area contributed by atoms with E-state index in [1.54, 1.807) is 11.7 Å². The van der Waals surface area contributed by atoms with Crippen molar-refractivity contribution in [3.63, 3.8) is 0 Å². The molecule has 1 rings (SSSR count). The summed E-state index contributed by atoms with van der Waals surface area (Å²) in [7, 11) is 0. The molecule has 1 heterocycles. The number of thiazole rings is 1. The largest absolute Gasteiger partial charge is 0.395 e. The SMILES string of the molecule is OCCNc1cncs1. The third-order valence-electron chi connectivity index (χ3n) is 0.843. The van der Waals surface area contributed by atoms with Crippen LogP contribution in [0.4, 0.5) is 5.00 Å². The Bertz CT molecular complexity index is 152. The van der Waals surface area contributed by atoms with E-state index in [0.717, 1.165) is 5.00 Å². The predicted octanol–water partition coefficient (Wildman–Crippen LogP) is 0.547. The minimum absolute atomic E-state index is 0.165. The first-order valence-corrected chi connectivity index (χ1v) is 3.54. The number of hydrogen-bond donors (Lipinski definition) is 2. The summed E-state index contributed by atoms with van der Waals surface area (Å²) in [6, 6.07) is 0. The average molecular weight is 144 g/mol. The molecule has 4 heteroatoms. The molecule has 0 unspecified atom stereocenters. The van der Waals surface area contributed by atoms with E-state index in [2.05, 4.69) is 10.3 Å². The average Bonchev–Trinajstić information content (AvgIpc) is 2.34. The van der Waals surface area contributed by atoms with Crippen molar-refractivity contribution in [3.8, 4) is 0 Å². The van der Waals surface area contributed by atoms with Crippen molar-refractivity contribution in [1.82, 2.24) is 4.98 Å². The quantitative estimate of drug-likeness (QED) is 0.651. The van der Waals surface area contributed by atoms with Crippen LogP contribution in [-0.2, 0) is 0 Å². The first kappa shape index (κ1) is 6.51. The number of aromatic nitrogens is 1. The number of aliphatic hydroxyl groups is 1. The van der Waals surface area contributed by atoms with Gasteiger partial charge in [-0.3, -0.25) is 4.98 Å². The highest BCUT2D eigenvalue weighted by Crippen LogP contribution is 2.10. The summed E-state index contributed by atoms with van der Waals surface area (Å²) in [6.07, 6.45) is 1.74. The van der Waals surface area contributed by atoms with Crippen molar-refractivity contribution in [2.75, 3.05) is 18.5 Å². The molecular formula is C5H8N2OS. The van der Waals surface area contributed by atoms with Gasteiger partial charge in [0, 0.05) is 6.54 Å². The summed E-state index contributed by atoms with van der Waals surface area (Å²) in [4.78, 5) is 3.85. The maximum atomic E-state index is 8.39. The molecule has 0 saturated carbocycles. The Morgan fingerprint density at radius 1 is 1.78 bits per heavy atom. The van der Waals surface area contributed by atoms with Gasteiger partial charge < -0.3 is 10.4 Å². The Balaban J connectivity index is 2.30. The lowest BCUT2D eigenvalue weighted by molar-refractivity contribution is 0.311. The summed E-state index contributed by atoms with van der Waals surface area (Å²) in [5, 5.41) is 12.4. The van der Waals surface area contributed by atoms with Gasteiger partial charge in [-0.2, -0.15) is 0 Å². The van der Waals surface area contributed by atoms with Crippen LogP contribution < -0.4 is 5.32 Å². The first-order valence-electron chi connectivity index (χ1n) is 2.66. The van der Waals surface area contributed by atoms with Gasteiger partial charge in [0.15, 0.2) is 0 Å². The molecular weight excluding hydrogens is 136 g/mol. The molecule has 0 bridgehead atoms. The van der Waals surface area contributed by atoms with Gasteiger partial charge in [-0.05, 0) is 0 Å². The molecule has 9 heavy (non-hydrogen) atoms. The van der Waals surface area contributed by atoms with Gasteiger partial charge >= 0.3 is 0 Å². The standard InChI is InChI=1S/C5H8N2OS/c8-2-1-7-5-3-6-4-9-5/h3-4,7-8H,1-2H2. The van der Waals surface area contributed by atoms with Gasteiger partial charge in [0.1, 0.15) is 5.00 Å². The second-order valence-corrected chi connectivity index (χ2v) is 2.40. The van der Waals surface area contributed by atoms with Crippen LogP contribution in [0.1, 0.15) is 0 Å². The van der Waals surface area contributed by atoms with Gasteiger partial charge in [-0.1, -0.05) is 0 Å². The number of hydrogen-bond acceptors (Lipinski definition) is 4. The number of rotatable bonds is 3. The lowest BCUT2D eigenvalue weighted by Gasteiger charge is -1.95. The third-order valence-corrected chi connectivity index (χ3v) is 1.57. The van der Waals surface area contributed by atoms with E-state index in [4.69, 9.17) is 5.11 Å². The second kappa shape index (κ2) is 3.42. The topological polar surface area (TPSA) is 45.1 Å². The summed E-state index contributed by atoms with van der Waals surface area (Å²) in [5.74, 6) is 0. The fourth-order valence-electron chi connectivity index (χ4n) is 0.482. The van der Waals surface area contributed by atoms with Crippen LogP contribution in [-0.4, -0.2) is 23.2 Å². The molecule has 0 saturated heterocycles. The molecule has 0 spiro atoms. The molecule has 0 aromatic carbocycles. The summed E-state index contributed by atoms with van der Waals surface area (Å²) < 4.78 is 0. The van der Waals surface area contributed by atoms with E-state index in [-0.39, 0.29) is 6.61 Å². The summed E-state index contributed by atoms with van der Waals surface area (Å²) >= 11 is 1.53. The first-order chi connectivity index (χ1) is 4.43. The van der Waals surface area contributed by atoms with E-state index in [9.17, 15) is 0 Å². The van der Waals surface area contributed by atoms with Crippen molar-refractivity contribution in [1.29, 1.82) is 0 Å². The molecule has 0 atom stereocenters. The van der Waals surface area contributed by atoms with Gasteiger partial charge in [-0.25, -0.2) is 0 Å². The molecule has 0 radical (unpaired) electrons. The number of nitrogens with zero attached hydrogens (tertiary/aromatic N) is 1. The monoisotopic (exact) mass is 144 g/mol. The Kier molecular flexibility index (Phi) is 2.48. The van der Waals surface area contributed by atoms with E-state index in [1.807, 2.05) is 0 Å². The van der Waals surface area contributed by atoms with Crippen LogP contribution in [0.2, 0.25) is 0 Å². The Labute approximate surface area is 57.4 Å². The molecule has 0 aliphatic carbocycles. The van der Waals surface area contributed by atoms with E-state index in [0.29, 0.717) is 6.54 Å². The van der Waals surface area contributed by atoms with E-state index >= 15 is 0 Å². The molecule has 0 fully saturated rings. The molecule has 1 aromatic rings. The number of aliphatic hydroxyl groups excluding tert-OH is 1. The zero-order valence-electron chi connectivity index (χ0n) is 4.87. The predicted molar refractivity (Wildman–Crippen MR) is 37.7 cm³/mol. The highest BCUT2D eigenvalue weighted by atomic mass is 32.1. The van der Waals surface area contributed by atoms with Gasteiger partial charge in [0.05, 0.1) is 18.3 Å². The Hall–Kier alpha value is -0.610. The van der Waals surface area contributed by atoms with Gasteiger partial charge in [0.25, 0.3) is 0 Å². The smallest absolute Gasteiger partial charge is 0.108 e. The van der Waals surface area contributed by atoms with Crippen molar-refractivity contribution in [2.45, 2.75) is 0 Å². The maximum absolute atomic E-state index is 8.39. The lowest BCUT2D eigenvalue weighted by atomic mass is 10.7. The molecule has 2 N–H and O–H groups in total. The number of nitrogens with one attached hydrogen (secondary N) is 1. The van der Waals surface area contributed by atoms with Crippen LogP contribution >= 0.6 is 11.3 Å². The molecule has 50 valence electrons. The zero-order chi connectivity index (χ0) is 6.53. The Morgan fingerprint density at radius 3 is 3.22 bits per heavy atom. The van der Waals surface area contributed by atoms with E-state index in [1.165, 1.54) is 11.3 Å². The molecule has 0 aliphatic rings. The lowest BCUT2D eigenvalue weighted by Crippen LogP contribution is -2.03. The van der Waals surface area contributed by atoms with Crippen LogP contribution in [0.15, 0.2) is 11.7 Å². The highest BCUT2D eigenvalue weighted by molar-refractivity contribution is 7.13. The van der Waals surface area contributed by atoms with Crippen LogP contribution in [0, 0.1) is 0 Å². The van der Waals surface area contributed by atoms with Crippen molar-refractivity contribution < 1.29 is 5.11 Å². The van der Waals surface area contributed by atoms with Crippen LogP contribution in [0.5, 0.6) is 0 Å². The molecule has 0 aliphatic heterocycles. The van der Waals surface area contributed by atoms with Crippen LogP contribution in [0.3, 0.4) is 0 Å². The van der Waals surface area contributed by atoms with Crippen molar-refractivity contribution >= 4 is 16.3 Å². The Morgan fingerprint density at radius 2 is 2.67 bits per heavy atom. The summed E-state index contributed by atoms with van der Waals surface area (Å²) in [5.41, 5.74) is 1.75. The van der Waals surface area contributed by atoms with Crippen molar-refractivity contribution in [2.24, 2.45) is 0 Å². The fourth-order valence-corrected chi connectivity index (χ4v) is 1.02. The van der Waals surface area contributed by atoms with E-state index < -0.39 is 0 Å². The molecule has 3 nitrogen and oxygen atoms in total. The van der Waals surface area contributed by atoms with Crippen molar-refractivity contribution in [3.05, 3.63) is 11.7 Å². The van der Waals surface area contributed by atoms with Gasteiger partial charge in [0.2, 0.25) is 0 Å². The summed E-state index contributed by atoms with van der Waals surface area (Å²) in [6.45, 7) is 0.764. The van der Waals surface area contributed by atoms with Gasteiger partial charge in [-0.15, -0.1) is 11.3 Å². The fraction of sp³-hybridized carbons (Fsp3) is 0.400. The molecule has 1 aromatic heterocycles. The minimum Gasteiger partial charge on any atom is -0.395 e. The molecule has 0 amide bonds. The highest BCUT2D eigenvalue weighted by Gasteiger charge is 1.88. The van der Waals surface area contributed by atoms with Crippen LogP contribution in [0.25, 0.3) is 0 Å².